The molecule has 2 unspecified atom stereocenters. The van der Waals surface area contributed by atoms with Crippen LogP contribution in [0.1, 0.15) is 31.2 Å². The predicted molar refractivity (Wildman–Crippen MR) is 383 cm³/mol. The molecule has 0 spiro atoms. The Kier molecular flexibility index (Phi) is 27.1. The summed E-state index contributed by atoms with van der Waals surface area (Å²) in [4.78, 5) is 47.7. The van der Waals surface area contributed by atoms with Crippen molar-refractivity contribution in [1.29, 1.82) is 0 Å². The van der Waals surface area contributed by atoms with Gasteiger partial charge in [0.1, 0.15) is 28.7 Å². The number of aromatic nitrogens is 3. The fraction of sp³-hybridized carbons (Fsp3) is 0.333. The Balaban J connectivity index is 0.000000142. The maximum atomic E-state index is 12.3. The van der Waals surface area contributed by atoms with E-state index in [0.29, 0.717) is 128 Å². The van der Waals surface area contributed by atoms with Crippen molar-refractivity contribution in [1.82, 2.24) is 13.7 Å². The van der Waals surface area contributed by atoms with Gasteiger partial charge in [-0.05, 0) is 167 Å². The molecule has 3 aromatic heterocycles. The second kappa shape index (κ2) is 36.8. The van der Waals surface area contributed by atoms with E-state index in [4.69, 9.17) is 42.0 Å². The molecule has 34 heteroatoms. The summed E-state index contributed by atoms with van der Waals surface area (Å²) < 4.78 is 219. The molecule has 0 amide bonds. The van der Waals surface area contributed by atoms with Gasteiger partial charge in [-0.25, -0.2) is 14.4 Å². The minimum absolute atomic E-state index is 0.207. The normalized spacial score (nSPS) is 17.4. The first kappa shape index (κ1) is 82.4. The van der Waals surface area contributed by atoms with Crippen LogP contribution in [-0.4, -0.2) is 116 Å². The van der Waals surface area contributed by atoms with E-state index < -0.39 is 42.7 Å². The Bertz CT molecular complexity index is 4710. The molecule has 16 rings (SSSR count). The van der Waals surface area contributed by atoms with Crippen molar-refractivity contribution in [2.45, 2.75) is 77.2 Å². The number of benzene rings is 8. The Hall–Kier alpha value is -10.5. The summed E-state index contributed by atoms with van der Waals surface area (Å²) in [5.74, 6) is -0.990. The van der Waals surface area contributed by atoms with Crippen molar-refractivity contribution in [2.75, 3.05) is 65.7 Å². The van der Waals surface area contributed by atoms with Crippen LogP contribution in [0.5, 0.6) is 28.7 Å². The van der Waals surface area contributed by atoms with Crippen molar-refractivity contribution in [3.63, 3.8) is 0 Å². The topological polar surface area (TPSA) is 226 Å². The molecule has 5 aliphatic rings. The quantitative estimate of drug-likeness (QED) is 0.0572. The fourth-order valence-electron chi connectivity index (χ4n) is 12.6. The summed E-state index contributed by atoms with van der Waals surface area (Å²) in [7, 11) is 0. The van der Waals surface area contributed by atoms with Gasteiger partial charge >= 0.3 is 48.7 Å². The first-order valence-electron chi connectivity index (χ1n) is 34.7. The standard InChI is InChI=1S/3C19H16F3NO4.C15H9F3O3.C5H10O2.CH3FS/c3*20-19(21,22)27-15-4-1-13(2-5-15)14-3-6-17-16(9-14)23(18(24)26-17)10-12-7-8-25-11-12;16-15(17,18)21-12-4-1-9(2-5-12)10-3-6-13-11(7-10)8-14(19)20-13;6-3-5-1-2-7-4-5;1-3-2/h3*1-6,9,12H,7-8,10-11H2;1-7H,8H2;5-6H,1-4H2;1H3/t2*12-;;;;/m10..../s1. The number of fused-ring (bicyclic) bond motifs is 4. The van der Waals surface area contributed by atoms with E-state index in [1.807, 2.05) is 0 Å². The highest BCUT2D eigenvalue weighted by Gasteiger charge is 2.34. The van der Waals surface area contributed by atoms with Crippen LogP contribution in [0.4, 0.5) is 56.6 Å². The monoisotopic (exact) mass is 1600 g/mol. The van der Waals surface area contributed by atoms with E-state index in [1.54, 1.807) is 86.5 Å². The van der Waals surface area contributed by atoms with Crippen LogP contribution in [-0.2, 0) is 49.8 Å². The van der Waals surface area contributed by atoms with Gasteiger partial charge in [-0.15, -0.1) is 52.7 Å². The number of ether oxygens (including phenoxy) is 9. The average molecular weight is 1600 g/mol. The van der Waals surface area contributed by atoms with E-state index in [9.17, 15) is 75.7 Å². The van der Waals surface area contributed by atoms with Crippen molar-refractivity contribution in [3.05, 3.63) is 207 Å². The van der Waals surface area contributed by atoms with Crippen LogP contribution in [0, 0.1) is 23.7 Å². The highest BCUT2D eigenvalue weighted by Crippen LogP contribution is 2.36. The molecule has 4 fully saturated rings. The fourth-order valence-corrected chi connectivity index (χ4v) is 12.6. The minimum atomic E-state index is -4.72. The van der Waals surface area contributed by atoms with Crippen molar-refractivity contribution < 1.29 is 122 Å². The zero-order chi connectivity index (χ0) is 79.9. The van der Waals surface area contributed by atoms with Gasteiger partial charge < -0.3 is 61.0 Å². The number of aliphatic hydroxyl groups excluding tert-OH is 1. The number of esters is 1. The van der Waals surface area contributed by atoms with Crippen molar-refractivity contribution in [2.24, 2.45) is 23.7 Å². The van der Waals surface area contributed by atoms with E-state index in [2.05, 4.69) is 18.9 Å². The lowest BCUT2D eigenvalue weighted by atomic mass is 10.0. The van der Waals surface area contributed by atoms with Gasteiger partial charge in [0.25, 0.3) is 0 Å². The van der Waals surface area contributed by atoms with E-state index in [1.165, 1.54) is 103 Å². The molecule has 112 heavy (non-hydrogen) atoms. The molecule has 1 N–H and O–H groups in total. The number of carbonyl (C=O) groups is 1. The van der Waals surface area contributed by atoms with E-state index in [0.717, 1.165) is 72.3 Å². The first-order chi connectivity index (χ1) is 53.4. The lowest BCUT2D eigenvalue weighted by molar-refractivity contribution is -0.275. The highest BCUT2D eigenvalue weighted by atomic mass is 32.2. The number of hydrogen-bond donors (Lipinski definition) is 1. The molecule has 8 aromatic carbocycles. The third kappa shape index (κ3) is 23.3. The molecule has 20 nitrogen and oxygen atoms in total. The summed E-state index contributed by atoms with van der Waals surface area (Å²) in [5.41, 5.74) is 10.1. The summed E-state index contributed by atoms with van der Waals surface area (Å²) >= 11 is 0.250. The van der Waals surface area contributed by atoms with Crippen molar-refractivity contribution in [3.8, 4) is 73.3 Å². The molecule has 11 aromatic rings. The number of nitrogens with zero attached hydrogens (tertiary/aromatic N) is 3. The van der Waals surface area contributed by atoms with E-state index >= 15 is 0 Å². The average Bonchev–Trinajstić information content (AvgIpc) is 1.62. The number of halogens is 13. The molecular weight excluding hydrogens is 1530 g/mol. The lowest BCUT2D eigenvalue weighted by Gasteiger charge is -2.10. The van der Waals surface area contributed by atoms with Crippen LogP contribution in [0.15, 0.2) is 197 Å². The number of rotatable bonds is 15. The molecule has 8 heterocycles. The lowest BCUT2D eigenvalue weighted by Crippen LogP contribution is -2.20. The molecule has 5 aliphatic heterocycles. The summed E-state index contributed by atoms with van der Waals surface area (Å²) in [6, 6.07) is 43.3. The summed E-state index contributed by atoms with van der Waals surface area (Å²) in [5, 5.41) is 8.49. The van der Waals surface area contributed by atoms with Crippen LogP contribution in [0.25, 0.3) is 77.8 Å². The molecule has 4 saturated heterocycles. The molecular formula is C78H70F13N3O17S. The molecule has 4 atom stereocenters. The largest absolute Gasteiger partial charge is 0.573 e. The van der Waals surface area contributed by atoms with Gasteiger partial charge in [-0.1, -0.05) is 72.8 Å². The summed E-state index contributed by atoms with van der Waals surface area (Å²) in [6.45, 7) is 7.31. The Morgan fingerprint density at radius 2 is 0.643 bits per heavy atom. The van der Waals surface area contributed by atoms with Crippen LogP contribution in [0.3, 0.4) is 0 Å². The highest BCUT2D eigenvalue weighted by molar-refractivity contribution is 7.93. The third-order valence-corrected chi connectivity index (χ3v) is 18.0. The number of alkyl halides is 12. The van der Waals surface area contributed by atoms with Gasteiger partial charge in [0.15, 0.2) is 16.7 Å². The molecule has 0 bridgehead atoms. The smallest absolute Gasteiger partial charge is 0.426 e. The Labute approximate surface area is 631 Å². The van der Waals surface area contributed by atoms with Gasteiger partial charge in [-0.3, -0.25) is 18.5 Å². The predicted octanol–water partition coefficient (Wildman–Crippen LogP) is 17.6. The Morgan fingerprint density at radius 1 is 0.384 bits per heavy atom. The zero-order valence-electron chi connectivity index (χ0n) is 59.1. The number of aliphatic hydroxyl groups is 1. The number of oxazole rings is 3. The van der Waals surface area contributed by atoms with Gasteiger partial charge in [-0.2, -0.15) is 3.89 Å². The Morgan fingerprint density at radius 3 is 0.893 bits per heavy atom. The van der Waals surface area contributed by atoms with Crippen molar-refractivity contribution >= 4 is 51.4 Å². The summed E-state index contributed by atoms with van der Waals surface area (Å²) in [6.07, 6.45) is -13.6. The minimum Gasteiger partial charge on any atom is -0.426 e. The zero-order valence-corrected chi connectivity index (χ0v) is 60.0. The van der Waals surface area contributed by atoms with Gasteiger partial charge in [0.2, 0.25) is 0 Å². The maximum Gasteiger partial charge on any atom is 0.573 e. The third-order valence-electron chi connectivity index (χ3n) is 18.0. The van der Waals surface area contributed by atoms with Crippen LogP contribution in [0.2, 0.25) is 0 Å². The number of hydrogen-bond acceptors (Lipinski definition) is 18. The van der Waals surface area contributed by atoms with E-state index in [-0.39, 0.29) is 65.3 Å². The van der Waals surface area contributed by atoms with Gasteiger partial charge in [0, 0.05) is 100 Å². The molecule has 0 radical (unpaired) electrons. The second-order valence-corrected chi connectivity index (χ2v) is 26.3. The number of carbonyl (C=O) groups excluding carboxylic acids is 1. The molecule has 0 aliphatic carbocycles. The SMILES string of the molecule is CSF.O=C1Cc2cc(-c3ccc(OC(F)(F)F)cc3)ccc2O1.O=c1oc2ccc(-c3ccc(OC(F)(F)F)cc3)cc2n1CC1CCOC1.O=c1oc2ccc(-c3ccc(OC(F)(F)F)cc3)cc2n1C[C@@H]1CCOC1.O=c1oc2ccc(-c3ccc(OC(F)(F)F)cc3)cc2n1C[C@H]1CCOC1.OCC1CCOC1. The molecule has 0 saturated carbocycles. The van der Waals surface area contributed by atoms with Gasteiger partial charge in [0.05, 0.1) is 49.4 Å². The first-order valence-corrected chi connectivity index (χ1v) is 35.8. The van der Waals surface area contributed by atoms with Crippen LogP contribution >= 0.6 is 12.1 Å². The second-order valence-electron chi connectivity index (χ2n) is 26.0. The maximum absolute atomic E-state index is 12.3. The molecule has 596 valence electrons. The van der Waals surface area contributed by atoms with Crippen LogP contribution < -0.4 is 41.0 Å².